The molecule has 13 aromatic rings. The molecule has 8 aromatic carbocycles. The number of hydrogen-bond donors (Lipinski definition) is 0. The monoisotopic (exact) mass is 674 g/mol. The predicted octanol–water partition coefficient (Wildman–Crippen LogP) is 12.6. The first kappa shape index (κ1) is 27.5. The van der Waals surface area contributed by atoms with Crippen LogP contribution < -0.4 is 5.43 Å². The largest absolute Gasteiger partial charge is 0.456 e. The molecular weight excluding hydrogens is 649 g/mol. The molecule has 53 heavy (non-hydrogen) atoms. The van der Waals surface area contributed by atoms with Gasteiger partial charge in [0.1, 0.15) is 11.2 Å². The number of para-hydroxylation sites is 4. The van der Waals surface area contributed by atoms with Gasteiger partial charge in [-0.05, 0) is 70.8 Å². The molecule has 0 aliphatic heterocycles. The third-order valence-corrected chi connectivity index (χ3v) is 11.8. The van der Waals surface area contributed by atoms with Crippen LogP contribution in [-0.4, -0.2) is 8.80 Å². The summed E-state index contributed by atoms with van der Waals surface area (Å²) in [5.74, 6) is 0. The lowest BCUT2D eigenvalue weighted by molar-refractivity contribution is 0.660. The number of rotatable bonds is 2. The van der Waals surface area contributed by atoms with Crippen LogP contribution in [0.15, 0.2) is 167 Å². The van der Waals surface area contributed by atoms with E-state index in [0.29, 0.717) is 21.9 Å². The van der Waals surface area contributed by atoms with Crippen LogP contribution in [0.5, 0.6) is 0 Å². The lowest BCUT2D eigenvalue weighted by atomic mass is 9.96. The normalized spacial score (nSPS) is 12.6. The minimum absolute atomic E-state index is 0.0242. The van der Waals surface area contributed by atoms with Crippen molar-refractivity contribution < 1.29 is 4.42 Å². The summed E-state index contributed by atoms with van der Waals surface area (Å²) in [5, 5.41) is 11.0. The molecule has 0 aliphatic rings. The summed E-state index contributed by atoms with van der Waals surface area (Å²) in [4.78, 5) is 14.5. The molecule has 0 spiro atoms. The van der Waals surface area contributed by atoms with Crippen LogP contribution in [0.3, 0.4) is 0 Å². The fraction of sp³-hybridized carbons (Fsp3) is 0. The first-order valence-electron chi connectivity index (χ1n) is 18.1. The van der Waals surface area contributed by atoms with Crippen molar-refractivity contribution in [1.82, 2.24) is 8.80 Å². The van der Waals surface area contributed by atoms with Gasteiger partial charge in [0.15, 0.2) is 0 Å². The topological polar surface area (TPSA) is 39.0 Å². The fourth-order valence-corrected chi connectivity index (χ4v) is 9.63. The van der Waals surface area contributed by atoms with E-state index in [1.807, 2.05) is 24.3 Å². The maximum atomic E-state index is 14.5. The Morgan fingerprint density at radius 3 is 1.28 bits per heavy atom. The second-order valence-corrected chi connectivity index (χ2v) is 14.4. The minimum Gasteiger partial charge on any atom is -0.456 e. The molecule has 5 heterocycles. The van der Waals surface area contributed by atoms with Crippen LogP contribution in [0, 0.1) is 0 Å². The van der Waals surface area contributed by atoms with Crippen molar-refractivity contribution >= 4 is 98.1 Å². The van der Waals surface area contributed by atoms with E-state index in [0.717, 1.165) is 33.3 Å². The second-order valence-electron chi connectivity index (χ2n) is 14.4. The standard InChI is InChI=1S/C49H26N2O2/c52-49-37-25-27(29-11-7-19-41-45(29)35-15-5-13-33-31-9-1-3-17-39(31)50(41)47(33)35)21-23-43(37)53-44-24-22-28(26-38(44)49)30-12-8-20-42-46(30)36-16-6-14-34-32-10-2-4-18-40(32)51(42)48(34)36/h1-26H. The third-order valence-electron chi connectivity index (χ3n) is 11.8. The average Bonchev–Trinajstić information content (AvgIpc) is 3.95. The van der Waals surface area contributed by atoms with E-state index in [9.17, 15) is 4.79 Å². The molecule has 4 heteroatoms. The SMILES string of the molecule is O=c1c2cc(-c3cccc4c3c3cccc5c6ccccc6n4c53)ccc2oc2ccc(-c3cccc4c3c3cccc5c6ccccc6n4c53)cc12. The zero-order chi connectivity index (χ0) is 34.5. The Balaban J connectivity index is 1.03. The number of aromatic nitrogens is 2. The van der Waals surface area contributed by atoms with Crippen LogP contribution in [0.2, 0.25) is 0 Å². The van der Waals surface area contributed by atoms with E-state index in [1.54, 1.807) is 0 Å². The van der Waals surface area contributed by atoms with Crippen LogP contribution in [0.4, 0.5) is 0 Å². The van der Waals surface area contributed by atoms with Gasteiger partial charge in [-0.15, -0.1) is 0 Å². The van der Waals surface area contributed by atoms with Crippen molar-refractivity contribution in [3.05, 3.63) is 168 Å². The maximum absolute atomic E-state index is 14.5. The predicted molar refractivity (Wildman–Crippen MR) is 220 cm³/mol. The fourth-order valence-electron chi connectivity index (χ4n) is 9.63. The van der Waals surface area contributed by atoms with Gasteiger partial charge < -0.3 is 13.2 Å². The van der Waals surface area contributed by atoms with Gasteiger partial charge in [-0.1, -0.05) is 109 Å². The van der Waals surface area contributed by atoms with Crippen LogP contribution in [0.25, 0.3) is 120 Å². The van der Waals surface area contributed by atoms with Gasteiger partial charge >= 0.3 is 0 Å². The second kappa shape index (κ2) is 9.58. The highest BCUT2D eigenvalue weighted by Crippen LogP contribution is 2.44. The third kappa shape index (κ3) is 3.34. The summed E-state index contributed by atoms with van der Waals surface area (Å²) in [6.45, 7) is 0. The highest BCUT2D eigenvalue weighted by atomic mass is 16.3. The molecule has 244 valence electrons. The summed E-state index contributed by atoms with van der Waals surface area (Å²) in [6, 6.07) is 55.5. The molecular formula is C49H26N2O2. The van der Waals surface area contributed by atoms with E-state index in [2.05, 4.69) is 142 Å². The molecule has 5 aromatic heterocycles. The van der Waals surface area contributed by atoms with E-state index in [4.69, 9.17) is 4.42 Å². The first-order valence-corrected chi connectivity index (χ1v) is 18.1. The summed E-state index contributed by atoms with van der Waals surface area (Å²) in [6.07, 6.45) is 0. The van der Waals surface area contributed by atoms with Crippen LogP contribution in [-0.2, 0) is 0 Å². The molecule has 0 amide bonds. The number of nitrogens with zero attached hydrogens (tertiary/aromatic N) is 2. The number of benzene rings is 8. The first-order chi connectivity index (χ1) is 26.2. The average molecular weight is 675 g/mol. The van der Waals surface area contributed by atoms with Gasteiger partial charge in [0.05, 0.1) is 43.9 Å². The van der Waals surface area contributed by atoms with Crippen LogP contribution >= 0.6 is 0 Å². The minimum atomic E-state index is -0.0242. The Hall–Kier alpha value is -7.17. The molecule has 0 N–H and O–H groups in total. The van der Waals surface area contributed by atoms with Crippen molar-refractivity contribution in [2.24, 2.45) is 0 Å². The quantitative estimate of drug-likeness (QED) is 0.171. The molecule has 0 unspecified atom stereocenters. The van der Waals surface area contributed by atoms with Crippen molar-refractivity contribution in [3.8, 4) is 22.3 Å². The Morgan fingerprint density at radius 1 is 0.358 bits per heavy atom. The zero-order valence-corrected chi connectivity index (χ0v) is 28.2. The Morgan fingerprint density at radius 2 is 0.774 bits per heavy atom. The van der Waals surface area contributed by atoms with E-state index in [1.165, 1.54) is 65.2 Å². The molecule has 4 nitrogen and oxygen atoms in total. The summed E-state index contributed by atoms with van der Waals surface area (Å²) < 4.78 is 11.2. The number of hydrogen-bond acceptors (Lipinski definition) is 2. The van der Waals surface area contributed by atoms with Crippen molar-refractivity contribution in [3.63, 3.8) is 0 Å². The Kier molecular flexibility index (Phi) is 4.98. The van der Waals surface area contributed by atoms with Gasteiger partial charge in [0.2, 0.25) is 5.43 Å². The summed E-state index contributed by atoms with van der Waals surface area (Å²) in [5.41, 5.74) is 12.5. The molecule has 0 fully saturated rings. The Bertz CT molecular complexity index is 3520. The summed E-state index contributed by atoms with van der Waals surface area (Å²) in [7, 11) is 0. The Labute approximate surface area is 300 Å². The molecule has 0 saturated carbocycles. The van der Waals surface area contributed by atoms with E-state index in [-0.39, 0.29) is 5.43 Å². The molecule has 0 aliphatic carbocycles. The van der Waals surface area contributed by atoms with Crippen LogP contribution in [0.1, 0.15) is 0 Å². The van der Waals surface area contributed by atoms with Crippen molar-refractivity contribution in [2.45, 2.75) is 0 Å². The summed E-state index contributed by atoms with van der Waals surface area (Å²) >= 11 is 0. The molecule has 0 saturated heterocycles. The van der Waals surface area contributed by atoms with Gasteiger partial charge in [-0.3, -0.25) is 4.79 Å². The molecule has 0 atom stereocenters. The van der Waals surface area contributed by atoms with Crippen molar-refractivity contribution in [1.29, 1.82) is 0 Å². The molecule has 0 bridgehead atoms. The van der Waals surface area contributed by atoms with Gasteiger partial charge in [0, 0.05) is 43.1 Å². The molecule has 13 rings (SSSR count). The lowest BCUT2D eigenvalue weighted by Crippen LogP contribution is -2.02. The zero-order valence-electron chi connectivity index (χ0n) is 28.2. The van der Waals surface area contributed by atoms with E-state index < -0.39 is 0 Å². The smallest absolute Gasteiger partial charge is 0.200 e. The van der Waals surface area contributed by atoms with Gasteiger partial charge in [-0.25, -0.2) is 0 Å². The lowest BCUT2D eigenvalue weighted by Gasteiger charge is -2.09. The highest BCUT2D eigenvalue weighted by Gasteiger charge is 2.22. The highest BCUT2D eigenvalue weighted by molar-refractivity contribution is 6.27. The molecule has 0 radical (unpaired) electrons. The van der Waals surface area contributed by atoms with Gasteiger partial charge in [0.25, 0.3) is 0 Å². The van der Waals surface area contributed by atoms with Gasteiger partial charge in [-0.2, -0.15) is 0 Å². The number of fused-ring (bicyclic) bond motifs is 14. The van der Waals surface area contributed by atoms with Crippen molar-refractivity contribution in [2.75, 3.05) is 0 Å². The van der Waals surface area contributed by atoms with E-state index >= 15 is 0 Å². The maximum Gasteiger partial charge on any atom is 0.200 e.